The van der Waals surface area contributed by atoms with E-state index in [1.807, 2.05) is 0 Å². The summed E-state index contributed by atoms with van der Waals surface area (Å²) in [6.07, 6.45) is -12.6. The van der Waals surface area contributed by atoms with Crippen LogP contribution in [0.25, 0.3) is 10.4 Å². The highest BCUT2D eigenvalue weighted by molar-refractivity contribution is 5.73. The number of aliphatic carboxylic acids is 1. The number of H-pyrrole nitrogens is 1. The molecule has 0 aromatic carbocycles. The Labute approximate surface area is 172 Å². The van der Waals surface area contributed by atoms with Crippen LogP contribution in [-0.2, 0) is 14.3 Å². The molecule has 2 aliphatic rings. The number of aliphatic hydroxyl groups excluding tert-OH is 4. The van der Waals surface area contributed by atoms with Gasteiger partial charge in [-0.2, -0.15) is 0 Å². The molecule has 3 rings (SSSR count). The molecule has 15 heteroatoms. The zero-order valence-corrected chi connectivity index (χ0v) is 16.0. The minimum absolute atomic E-state index is 0.104. The Morgan fingerprint density at radius 1 is 1.26 bits per heavy atom. The van der Waals surface area contributed by atoms with E-state index >= 15 is 0 Å². The van der Waals surface area contributed by atoms with Gasteiger partial charge in [0.1, 0.15) is 36.7 Å². The third-order valence-corrected chi connectivity index (χ3v) is 5.36. The average Bonchev–Trinajstić information content (AvgIpc) is 3.12. The molecule has 6 N–H and O–H groups in total. The van der Waals surface area contributed by atoms with Gasteiger partial charge in [-0.15, -0.1) is 0 Å². The highest BCUT2D eigenvalue weighted by atomic mass is 16.6. The topological polar surface area (TPSA) is 240 Å². The Morgan fingerprint density at radius 2 is 1.94 bits per heavy atom. The first-order chi connectivity index (χ1) is 14.6. The summed E-state index contributed by atoms with van der Waals surface area (Å²) in [5, 5.41) is 53.4. The van der Waals surface area contributed by atoms with E-state index in [-0.39, 0.29) is 12.0 Å². The van der Waals surface area contributed by atoms with Gasteiger partial charge in [0.25, 0.3) is 5.56 Å². The quantitative estimate of drug-likeness (QED) is 0.154. The monoisotopic (exact) mass is 443 g/mol. The van der Waals surface area contributed by atoms with Crippen LogP contribution in [0.1, 0.15) is 18.2 Å². The molecule has 0 spiro atoms. The van der Waals surface area contributed by atoms with Gasteiger partial charge in [-0.25, -0.2) is 9.59 Å². The molecule has 1 unspecified atom stereocenters. The number of carboxylic acids is 1. The second-order valence-electron chi connectivity index (χ2n) is 7.36. The van der Waals surface area contributed by atoms with Crippen LogP contribution in [0.2, 0.25) is 0 Å². The number of rotatable bonds is 5. The number of ether oxygens (including phenoxy) is 2. The molecule has 0 saturated carbocycles. The van der Waals surface area contributed by atoms with Crippen molar-refractivity contribution in [2.24, 2.45) is 5.11 Å². The predicted molar refractivity (Wildman–Crippen MR) is 97.8 cm³/mol. The summed E-state index contributed by atoms with van der Waals surface area (Å²) in [7, 11) is 0. The number of hydrogen-bond acceptors (Lipinski definition) is 10. The molecule has 0 bridgehead atoms. The third-order valence-electron chi connectivity index (χ3n) is 5.36. The first-order valence-electron chi connectivity index (χ1n) is 9.19. The predicted octanol–water partition coefficient (Wildman–Crippen LogP) is -2.89. The molecule has 3 heterocycles. The first kappa shape index (κ1) is 22.9. The highest BCUT2D eigenvalue weighted by Gasteiger charge is 2.53. The van der Waals surface area contributed by atoms with E-state index in [0.717, 1.165) is 4.57 Å². The highest BCUT2D eigenvalue weighted by Crippen LogP contribution is 2.35. The molecule has 1 aromatic rings. The van der Waals surface area contributed by atoms with Crippen LogP contribution in [0.3, 0.4) is 0 Å². The fraction of sp³-hybridized carbons (Fsp3) is 0.688. The van der Waals surface area contributed by atoms with Crippen LogP contribution in [-0.4, -0.2) is 89.8 Å². The fourth-order valence-corrected chi connectivity index (χ4v) is 3.71. The lowest BCUT2D eigenvalue weighted by Crippen LogP contribution is -2.64. The second-order valence-corrected chi connectivity index (χ2v) is 7.36. The summed E-state index contributed by atoms with van der Waals surface area (Å²) in [6, 6.07) is -1.08. The Bertz CT molecular complexity index is 1000. The second kappa shape index (κ2) is 8.76. The molecule has 0 aliphatic carbocycles. The number of azide groups is 1. The van der Waals surface area contributed by atoms with Crippen molar-refractivity contribution in [2.45, 2.75) is 68.3 Å². The van der Waals surface area contributed by atoms with Gasteiger partial charge in [-0.3, -0.25) is 14.3 Å². The number of nitrogens with zero attached hydrogens (tertiary/aromatic N) is 4. The SMILES string of the molecule is Cc1cn([C@H]2C[C@H](N=[N+]=[N-])[C@@H](C(O)[C@@H]3O[C@H](C(=O)O)[C@@H](O)[C@H](O)[C@H]3O)O2)c(=O)[nH]c1=O. The molecule has 9 atom stereocenters. The van der Waals surface area contributed by atoms with Gasteiger partial charge in [0.15, 0.2) is 6.10 Å². The maximum atomic E-state index is 12.1. The molecule has 170 valence electrons. The lowest BCUT2D eigenvalue weighted by molar-refractivity contribution is -0.255. The average molecular weight is 443 g/mol. The number of aryl methyl sites for hydroxylation is 1. The maximum absolute atomic E-state index is 12.1. The Kier molecular flexibility index (Phi) is 6.47. The van der Waals surface area contributed by atoms with Crippen molar-refractivity contribution in [3.05, 3.63) is 43.0 Å². The molecule has 2 aliphatic heterocycles. The normalized spacial score (nSPS) is 36.5. The van der Waals surface area contributed by atoms with Gasteiger partial charge in [0.05, 0.1) is 12.1 Å². The van der Waals surface area contributed by atoms with Crippen LogP contribution in [0, 0.1) is 6.92 Å². The minimum Gasteiger partial charge on any atom is -0.479 e. The number of hydrogen-bond donors (Lipinski definition) is 6. The van der Waals surface area contributed by atoms with E-state index < -0.39 is 72.2 Å². The standard InChI is InChI=1S/C16H21N5O10/c1-4-3-21(16(29)18-14(4)26)6-2-5(19-20-17)11(30-6)10(25)12-8(23)7(22)9(24)13(31-12)15(27)28/h3,5-13,22-25H,2H2,1H3,(H,27,28)(H,18,26,29)/t5-,6+,7+,8+,9-,10?,11-,12+,13-/m0/s1. The van der Waals surface area contributed by atoms with Crippen molar-refractivity contribution in [1.82, 2.24) is 9.55 Å². The molecular weight excluding hydrogens is 422 g/mol. The van der Waals surface area contributed by atoms with Gasteiger partial charge in [-0.05, 0) is 12.5 Å². The van der Waals surface area contributed by atoms with Crippen LogP contribution in [0.5, 0.6) is 0 Å². The Morgan fingerprint density at radius 3 is 2.55 bits per heavy atom. The van der Waals surface area contributed by atoms with E-state index in [2.05, 4.69) is 15.0 Å². The van der Waals surface area contributed by atoms with Crippen molar-refractivity contribution in [1.29, 1.82) is 0 Å². The summed E-state index contributed by atoms with van der Waals surface area (Å²) < 4.78 is 11.8. The summed E-state index contributed by atoms with van der Waals surface area (Å²) in [4.78, 5) is 39.8. The van der Waals surface area contributed by atoms with Crippen LogP contribution >= 0.6 is 0 Å². The first-order valence-corrected chi connectivity index (χ1v) is 9.19. The van der Waals surface area contributed by atoms with Crippen LogP contribution in [0.4, 0.5) is 0 Å². The number of aromatic amines is 1. The summed E-state index contributed by atoms with van der Waals surface area (Å²) in [6.45, 7) is 1.45. The zero-order chi connectivity index (χ0) is 23.0. The third kappa shape index (κ3) is 4.20. The van der Waals surface area contributed by atoms with Crippen molar-refractivity contribution in [2.75, 3.05) is 0 Å². The molecule has 1 aromatic heterocycles. The molecule has 2 saturated heterocycles. The van der Waals surface area contributed by atoms with Gasteiger partial charge >= 0.3 is 11.7 Å². The van der Waals surface area contributed by atoms with Crippen LogP contribution in [0.15, 0.2) is 20.9 Å². The number of carboxylic acid groups (broad SMARTS) is 1. The number of carbonyl (C=O) groups is 1. The number of aromatic nitrogens is 2. The number of aliphatic hydroxyl groups is 4. The Balaban J connectivity index is 1.90. The van der Waals surface area contributed by atoms with Gasteiger partial charge in [0.2, 0.25) is 0 Å². The minimum atomic E-state index is -1.95. The van der Waals surface area contributed by atoms with E-state index in [1.165, 1.54) is 13.1 Å². The van der Waals surface area contributed by atoms with Crippen molar-refractivity contribution in [3.63, 3.8) is 0 Å². The van der Waals surface area contributed by atoms with Crippen LogP contribution < -0.4 is 11.2 Å². The Hall–Kier alpha value is -2.78. The largest absolute Gasteiger partial charge is 0.479 e. The molecule has 0 amide bonds. The smallest absolute Gasteiger partial charge is 0.335 e. The van der Waals surface area contributed by atoms with Crippen molar-refractivity contribution < 1.29 is 39.8 Å². The van der Waals surface area contributed by atoms with E-state index in [9.17, 15) is 34.8 Å². The number of nitrogens with one attached hydrogen (secondary N) is 1. The fourth-order valence-electron chi connectivity index (χ4n) is 3.71. The van der Waals surface area contributed by atoms with Gasteiger partial charge in [-0.1, -0.05) is 5.11 Å². The molecular formula is C16H21N5O10. The lowest BCUT2D eigenvalue weighted by Gasteiger charge is -2.42. The lowest BCUT2D eigenvalue weighted by atomic mass is 9.89. The molecule has 2 fully saturated rings. The van der Waals surface area contributed by atoms with Crippen molar-refractivity contribution in [3.8, 4) is 0 Å². The zero-order valence-electron chi connectivity index (χ0n) is 16.0. The van der Waals surface area contributed by atoms with Gasteiger partial charge in [0, 0.05) is 23.1 Å². The van der Waals surface area contributed by atoms with E-state index in [4.69, 9.17) is 20.1 Å². The summed E-state index contributed by atoms with van der Waals surface area (Å²) in [5.41, 5.74) is 7.63. The maximum Gasteiger partial charge on any atom is 0.335 e. The summed E-state index contributed by atoms with van der Waals surface area (Å²) in [5.74, 6) is -1.64. The van der Waals surface area contributed by atoms with E-state index in [1.54, 1.807) is 0 Å². The summed E-state index contributed by atoms with van der Waals surface area (Å²) >= 11 is 0. The molecule has 31 heavy (non-hydrogen) atoms. The molecule has 0 radical (unpaired) electrons. The van der Waals surface area contributed by atoms with Gasteiger partial charge < -0.3 is 35.0 Å². The van der Waals surface area contributed by atoms with E-state index in [0.29, 0.717) is 0 Å². The van der Waals surface area contributed by atoms with Crippen molar-refractivity contribution >= 4 is 5.97 Å². The molecule has 15 nitrogen and oxygen atoms in total.